The van der Waals surface area contributed by atoms with Crippen molar-refractivity contribution in [2.45, 2.75) is 26.2 Å². The molecule has 0 radical (unpaired) electrons. The van der Waals surface area contributed by atoms with Gasteiger partial charge in [0, 0.05) is 19.5 Å². The first-order chi connectivity index (χ1) is 9.76. The van der Waals surface area contributed by atoms with Crippen molar-refractivity contribution in [3.8, 4) is 0 Å². The van der Waals surface area contributed by atoms with Gasteiger partial charge < -0.3 is 10.6 Å². The van der Waals surface area contributed by atoms with Gasteiger partial charge in [0.25, 0.3) is 0 Å². The second-order valence-electron chi connectivity index (χ2n) is 6.65. The topological polar surface area (TPSA) is 46.3 Å². The Bertz CT molecular complexity index is 548. The summed E-state index contributed by atoms with van der Waals surface area (Å²) in [5, 5.41) is 1.12. The van der Waals surface area contributed by atoms with Crippen LogP contribution in [0.4, 0.5) is 0 Å². The smallest absolute Gasteiger partial charge is 0.226 e. The van der Waals surface area contributed by atoms with Gasteiger partial charge in [0.2, 0.25) is 5.91 Å². The molecule has 1 aliphatic carbocycles. The van der Waals surface area contributed by atoms with Gasteiger partial charge in [0.05, 0.1) is 10.0 Å². The lowest BCUT2D eigenvalue weighted by atomic mass is 9.93. The van der Waals surface area contributed by atoms with E-state index >= 15 is 0 Å². The number of hydrogen-bond acceptors (Lipinski definition) is 2. The number of halogens is 3. The molecule has 0 aromatic heterocycles. The van der Waals surface area contributed by atoms with E-state index in [0.717, 1.165) is 12.0 Å². The molecule has 0 bridgehead atoms. The number of hydrogen-bond donors (Lipinski definition) is 1. The maximum absolute atomic E-state index is 12.5. The quantitative estimate of drug-likeness (QED) is 0.858. The Morgan fingerprint density at radius 3 is 2.64 bits per heavy atom. The Morgan fingerprint density at radius 1 is 1.41 bits per heavy atom. The molecule has 1 aliphatic rings. The van der Waals surface area contributed by atoms with Crippen molar-refractivity contribution < 1.29 is 4.79 Å². The fraction of sp³-hybridized carbons (Fsp3) is 0.562. The monoisotopic (exact) mass is 364 g/mol. The molecule has 124 valence electrons. The summed E-state index contributed by atoms with van der Waals surface area (Å²) in [7, 11) is 1.84. The molecular weight excluding hydrogens is 343 g/mol. The molecule has 1 amide bonds. The summed E-state index contributed by atoms with van der Waals surface area (Å²) in [6, 6.07) is 5.60. The zero-order chi connectivity index (χ0) is 15.8. The molecule has 2 atom stereocenters. The zero-order valence-electron chi connectivity index (χ0n) is 13.1. The lowest BCUT2D eigenvalue weighted by molar-refractivity contribution is -0.132. The second-order valence-corrected chi connectivity index (χ2v) is 7.44. The van der Waals surface area contributed by atoms with Crippen LogP contribution in [0.5, 0.6) is 0 Å². The first kappa shape index (κ1) is 19.6. The minimum Gasteiger partial charge on any atom is -0.345 e. The van der Waals surface area contributed by atoms with E-state index < -0.39 is 0 Å². The third kappa shape index (κ3) is 4.29. The van der Waals surface area contributed by atoms with Crippen molar-refractivity contribution in [3.63, 3.8) is 0 Å². The highest BCUT2D eigenvalue weighted by Gasteiger charge is 2.46. The summed E-state index contributed by atoms with van der Waals surface area (Å²) in [6.07, 6.45) is 0.840. The van der Waals surface area contributed by atoms with Gasteiger partial charge in [-0.2, -0.15) is 0 Å². The van der Waals surface area contributed by atoms with Gasteiger partial charge in [-0.25, -0.2) is 0 Å². The Hall–Kier alpha value is -0.480. The van der Waals surface area contributed by atoms with E-state index in [0.29, 0.717) is 23.1 Å². The van der Waals surface area contributed by atoms with Crippen LogP contribution in [0.3, 0.4) is 0 Å². The highest BCUT2D eigenvalue weighted by atomic mass is 35.5. The van der Waals surface area contributed by atoms with Crippen molar-refractivity contribution in [2.75, 3.05) is 20.1 Å². The summed E-state index contributed by atoms with van der Waals surface area (Å²) in [5.41, 5.74) is 6.64. The van der Waals surface area contributed by atoms with E-state index in [2.05, 4.69) is 13.8 Å². The molecule has 2 unspecified atom stereocenters. The number of carbonyl (C=O) groups is 1. The van der Waals surface area contributed by atoms with Crippen molar-refractivity contribution >= 4 is 41.5 Å². The molecule has 6 heteroatoms. The maximum atomic E-state index is 12.5. The number of carbonyl (C=O) groups excluding carboxylic acids is 1. The molecule has 1 saturated carbocycles. The predicted octanol–water partition coefficient (Wildman–Crippen LogP) is 3.96. The second kappa shape index (κ2) is 7.39. The SMILES string of the molecule is CN(CC(C)(C)CN)C(=O)C1CC1c1cccc(Cl)c1Cl.Cl. The van der Waals surface area contributed by atoms with Crippen LogP contribution in [-0.2, 0) is 4.79 Å². The molecule has 1 fully saturated rings. The van der Waals surface area contributed by atoms with Crippen molar-refractivity contribution in [1.29, 1.82) is 0 Å². The van der Waals surface area contributed by atoms with E-state index in [9.17, 15) is 4.79 Å². The van der Waals surface area contributed by atoms with Crippen LogP contribution >= 0.6 is 35.6 Å². The molecule has 0 aliphatic heterocycles. The number of benzene rings is 1. The highest BCUT2D eigenvalue weighted by molar-refractivity contribution is 6.42. The first-order valence-corrected chi connectivity index (χ1v) is 7.91. The minimum atomic E-state index is -0.0670. The number of nitrogens with zero attached hydrogens (tertiary/aromatic N) is 1. The van der Waals surface area contributed by atoms with E-state index in [-0.39, 0.29) is 35.6 Å². The summed E-state index contributed by atoms with van der Waals surface area (Å²) >= 11 is 12.3. The van der Waals surface area contributed by atoms with Gasteiger partial charge in [-0.3, -0.25) is 4.79 Å². The van der Waals surface area contributed by atoms with Crippen molar-refractivity contribution in [2.24, 2.45) is 17.1 Å². The van der Waals surface area contributed by atoms with Crippen LogP contribution in [0, 0.1) is 11.3 Å². The highest BCUT2D eigenvalue weighted by Crippen LogP contribution is 2.51. The van der Waals surface area contributed by atoms with Gasteiger partial charge in [0.15, 0.2) is 0 Å². The van der Waals surface area contributed by atoms with Crippen LogP contribution in [0.1, 0.15) is 31.7 Å². The molecule has 1 aromatic carbocycles. The van der Waals surface area contributed by atoms with Gasteiger partial charge in [-0.1, -0.05) is 49.2 Å². The number of amides is 1. The molecule has 1 aromatic rings. The van der Waals surface area contributed by atoms with E-state index in [1.54, 1.807) is 11.0 Å². The van der Waals surface area contributed by atoms with Crippen LogP contribution < -0.4 is 5.73 Å². The lowest BCUT2D eigenvalue weighted by Crippen LogP contribution is -2.40. The fourth-order valence-corrected chi connectivity index (χ4v) is 3.13. The van der Waals surface area contributed by atoms with Crippen LogP contribution in [0.15, 0.2) is 18.2 Å². The predicted molar refractivity (Wildman–Crippen MR) is 95.0 cm³/mol. The van der Waals surface area contributed by atoms with Crippen LogP contribution in [0.25, 0.3) is 0 Å². The Balaban J connectivity index is 0.00000242. The largest absolute Gasteiger partial charge is 0.345 e. The average Bonchev–Trinajstić information content (AvgIpc) is 3.20. The van der Waals surface area contributed by atoms with Crippen LogP contribution in [0.2, 0.25) is 10.0 Å². The molecule has 22 heavy (non-hydrogen) atoms. The van der Waals surface area contributed by atoms with Gasteiger partial charge >= 0.3 is 0 Å². The zero-order valence-corrected chi connectivity index (χ0v) is 15.4. The molecule has 0 saturated heterocycles. The lowest BCUT2D eigenvalue weighted by Gasteiger charge is -2.29. The Labute approximate surface area is 148 Å². The van der Waals surface area contributed by atoms with Gasteiger partial charge in [0.1, 0.15) is 0 Å². The van der Waals surface area contributed by atoms with Crippen molar-refractivity contribution in [3.05, 3.63) is 33.8 Å². The first-order valence-electron chi connectivity index (χ1n) is 7.16. The van der Waals surface area contributed by atoms with E-state index in [1.165, 1.54) is 0 Å². The van der Waals surface area contributed by atoms with Gasteiger partial charge in [-0.15, -0.1) is 12.4 Å². The third-order valence-electron chi connectivity index (χ3n) is 4.08. The average molecular weight is 366 g/mol. The maximum Gasteiger partial charge on any atom is 0.226 e. The Kier molecular flexibility index (Phi) is 6.58. The molecule has 0 spiro atoms. The van der Waals surface area contributed by atoms with Crippen LogP contribution in [-0.4, -0.2) is 30.9 Å². The Morgan fingerprint density at radius 2 is 2.05 bits per heavy atom. The summed E-state index contributed by atoms with van der Waals surface area (Å²) < 4.78 is 0. The summed E-state index contributed by atoms with van der Waals surface area (Å²) in [4.78, 5) is 14.3. The number of rotatable bonds is 5. The molecule has 0 heterocycles. The molecular formula is C16H23Cl3N2O. The summed E-state index contributed by atoms with van der Waals surface area (Å²) in [6.45, 7) is 5.34. The van der Waals surface area contributed by atoms with E-state index in [1.807, 2.05) is 19.2 Å². The normalized spacial score (nSPS) is 20.3. The van der Waals surface area contributed by atoms with Gasteiger partial charge in [-0.05, 0) is 35.9 Å². The fourth-order valence-electron chi connectivity index (χ4n) is 2.69. The van der Waals surface area contributed by atoms with E-state index in [4.69, 9.17) is 28.9 Å². The summed E-state index contributed by atoms with van der Waals surface area (Å²) in [5.74, 6) is 0.365. The third-order valence-corrected chi connectivity index (χ3v) is 4.92. The minimum absolute atomic E-state index is 0. The van der Waals surface area contributed by atoms with Crippen molar-refractivity contribution in [1.82, 2.24) is 4.90 Å². The molecule has 2 N–H and O–H groups in total. The standard InChI is InChI=1S/C16H22Cl2N2O.ClH/c1-16(2,8-19)9-20(3)15(21)12-7-11(12)10-5-4-6-13(17)14(10)18;/h4-6,11-12H,7-9,19H2,1-3H3;1H. The molecule has 2 rings (SSSR count). The number of nitrogens with two attached hydrogens (primary N) is 1. The molecule has 3 nitrogen and oxygen atoms in total.